The molecule has 0 heterocycles. The Morgan fingerprint density at radius 3 is 2.50 bits per heavy atom. The summed E-state index contributed by atoms with van der Waals surface area (Å²) >= 11 is 0. The fourth-order valence-electron chi connectivity index (χ4n) is 2.47. The number of carbonyl (C=O) groups is 2. The number of carbonyl (C=O) groups excluding carboxylic acids is 2. The van der Waals surface area contributed by atoms with Gasteiger partial charge in [-0.3, -0.25) is 9.59 Å². The summed E-state index contributed by atoms with van der Waals surface area (Å²) in [5.74, 6) is -1.49. The van der Waals surface area contributed by atoms with E-state index in [9.17, 15) is 14.7 Å². The summed E-state index contributed by atoms with van der Waals surface area (Å²) < 4.78 is 0. The zero-order valence-electron chi connectivity index (χ0n) is 14.3. The Morgan fingerprint density at radius 2 is 1.79 bits per heavy atom. The molecule has 2 rings (SSSR count). The van der Waals surface area contributed by atoms with E-state index in [-0.39, 0.29) is 12.5 Å². The van der Waals surface area contributed by atoms with Crippen molar-refractivity contribution in [1.29, 1.82) is 0 Å². The highest BCUT2D eigenvalue weighted by atomic mass is 16.3. The van der Waals surface area contributed by atoms with Gasteiger partial charge in [-0.15, -0.1) is 0 Å². The van der Waals surface area contributed by atoms with Gasteiger partial charge in [0.15, 0.2) is 0 Å². The van der Waals surface area contributed by atoms with Crippen molar-refractivity contribution in [3.05, 3.63) is 42.5 Å². The molecule has 2 atom stereocenters. The van der Waals surface area contributed by atoms with Gasteiger partial charge in [-0.05, 0) is 24.3 Å². The van der Waals surface area contributed by atoms with E-state index in [4.69, 9.17) is 0 Å². The molecule has 2 aromatic rings. The summed E-state index contributed by atoms with van der Waals surface area (Å²) in [6.07, 6.45) is 0.783. The van der Waals surface area contributed by atoms with Crippen molar-refractivity contribution in [2.45, 2.75) is 32.8 Å². The van der Waals surface area contributed by atoms with E-state index in [1.165, 1.54) is 0 Å². The number of aliphatic hydroxyl groups is 1. The Hall–Kier alpha value is -2.40. The van der Waals surface area contributed by atoms with Crippen molar-refractivity contribution in [2.24, 2.45) is 5.92 Å². The molecule has 128 valence electrons. The van der Waals surface area contributed by atoms with Gasteiger partial charge < -0.3 is 15.7 Å². The number of hydrogen-bond acceptors (Lipinski definition) is 3. The first kappa shape index (κ1) is 17.9. The van der Waals surface area contributed by atoms with Gasteiger partial charge in [0.25, 0.3) is 0 Å². The maximum absolute atomic E-state index is 12.1. The van der Waals surface area contributed by atoms with E-state index < -0.39 is 17.4 Å². The van der Waals surface area contributed by atoms with E-state index in [1.807, 2.05) is 50.2 Å². The molecule has 0 saturated carbocycles. The minimum atomic E-state index is -1.05. The molecule has 5 nitrogen and oxygen atoms in total. The SMILES string of the molecule is CCC(C)C(C)(O)CNC(=O)C(=O)Nc1cccc2ccccc12. The lowest BCUT2D eigenvalue weighted by atomic mass is 9.89. The van der Waals surface area contributed by atoms with Crippen molar-refractivity contribution in [1.82, 2.24) is 5.32 Å². The molecule has 0 aliphatic heterocycles. The zero-order valence-corrected chi connectivity index (χ0v) is 14.3. The van der Waals surface area contributed by atoms with E-state index >= 15 is 0 Å². The van der Waals surface area contributed by atoms with Crippen molar-refractivity contribution in [2.75, 3.05) is 11.9 Å². The lowest BCUT2D eigenvalue weighted by molar-refractivity contribution is -0.137. The van der Waals surface area contributed by atoms with E-state index in [2.05, 4.69) is 10.6 Å². The number of benzene rings is 2. The van der Waals surface area contributed by atoms with Gasteiger partial charge in [0, 0.05) is 17.6 Å². The lowest BCUT2D eigenvalue weighted by Gasteiger charge is -2.29. The third kappa shape index (κ3) is 4.11. The van der Waals surface area contributed by atoms with Crippen LogP contribution in [0.1, 0.15) is 27.2 Å². The molecule has 5 heteroatoms. The van der Waals surface area contributed by atoms with Crippen LogP contribution < -0.4 is 10.6 Å². The molecule has 24 heavy (non-hydrogen) atoms. The smallest absolute Gasteiger partial charge is 0.313 e. The molecule has 3 N–H and O–H groups in total. The Balaban J connectivity index is 2.03. The van der Waals surface area contributed by atoms with E-state index in [0.29, 0.717) is 5.69 Å². The van der Waals surface area contributed by atoms with Crippen LogP contribution in [0.4, 0.5) is 5.69 Å². The van der Waals surface area contributed by atoms with Crippen LogP contribution >= 0.6 is 0 Å². The second-order valence-electron chi connectivity index (χ2n) is 6.33. The van der Waals surface area contributed by atoms with Gasteiger partial charge in [0.2, 0.25) is 0 Å². The Morgan fingerprint density at radius 1 is 1.12 bits per heavy atom. The predicted molar refractivity (Wildman–Crippen MR) is 95.7 cm³/mol. The van der Waals surface area contributed by atoms with Gasteiger partial charge in [-0.2, -0.15) is 0 Å². The zero-order chi connectivity index (χ0) is 17.7. The van der Waals surface area contributed by atoms with Crippen LogP contribution in [0.15, 0.2) is 42.5 Å². The number of amides is 2. The van der Waals surface area contributed by atoms with Gasteiger partial charge in [0.05, 0.1) is 5.60 Å². The van der Waals surface area contributed by atoms with Gasteiger partial charge >= 0.3 is 11.8 Å². The van der Waals surface area contributed by atoms with Crippen LogP contribution in [-0.4, -0.2) is 29.1 Å². The van der Waals surface area contributed by atoms with Crippen LogP contribution in [0.3, 0.4) is 0 Å². The topological polar surface area (TPSA) is 78.4 Å². The van der Waals surface area contributed by atoms with Crippen LogP contribution in [0.2, 0.25) is 0 Å². The largest absolute Gasteiger partial charge is 0.388 e. The average Bonchev–Trinajstić information content (AvgIpc) is 2.59. The maximum Gasteiger partial charge on any atom is 0.313 e. The van der Waals surface area contributed by atoms with E-state index in [0.717, 1.165) is 17.2 Å². The molecule has 2 aromatic carbocycles. The molecule has 0 aliphatic carbocycles. The summed E-state index contributed by atoms with van der Waals surface area (Å²) in [6.45, 7) is 5.56. The molecule has 0 aliphatic rings. The standard InChI is InChI=1S/C19H24N2O3/c1-4-13(2)19(3,24)12-20-17(22)18(23)21-16-11-7-9-14-8-5-6-10-15(14)16/h5-11,13,24H,4,12H2,1-3H3,(H,20,22)(H,21,23). The quantitative estimate of drug-likeness (QED) is 0.738. The molecule has 0 spiro atoms. The molecule has 0 radical (unpaired) electrons. The number of nitrogens with one attached hydrogen (secondary N) is 2. The molecule has 2 amide bonds. The molecule has 0 bridgehead atoms. The highest BCUT2D eigenvalue weighted by Gasteiger charge is 2.28. The molecule has 0 saturated heterocycles. The highest BCUT2D eigenvalue weighted by molar-refractivity contribution is 6.40. The van der Waals surface area contributed by atoms with Crippen LogP contribution in [0, 0.1) is 5.92 Å². The third-order valence-corrected chi connectivity index (χ3v) is 4.52. The first-order valence-corrected chi connectivity index (χ1v) is 8.14. The minimum Gasteiger partial charge on any atom is -0.388 e. The van der Waals surface area contributed by atoms with Crippen molar-refractivity contribution < 1.29 is 14.7 Å². The van der Waals surface area contributed by atoms with Crippen LogP contribution in [-0.2, 0) is 9.59 Å². The third-order valence-electron chi connectivity index (χ3n) is 4.52. The van der Waals surface area contributed by atoms with Crippen molar-refractivity contribution in [3.8, 4) is 0 Å². The second-order valence-corrected chi connectivity index (χ2v) is 6.33. The first-order chi connectivity index (χ1) is 11.3. The highest BCUT2D eigenvalue weighted by Crippen LogP contribution is 2.23. The lowest BCUT2D eigenvalue weighted by Crippen LogP contribution is -2.47. The average molecular weight is 328 g/mol. The molecule has 0 fully saturated rings. The number of fused-ring (bicyclic) bond motifs is 1. The number of rotatable bonds is 5. The summed E-state index contributed by atoms with van der Waals surface area (Å²) in [7, 11) is 0. The van der Waals surface area contributed by atoms with Crippen LogP contribution in [0.5, 0.6) is 0 Å². The summed E-state index contributed by atoms with van der Waals surface area (Å²) in [5, 5.41) is 17.3. The van der Waals surface area contributed by atoms with Gasteiger partial charge in [0.1, 0.15) is 0 Å². The molecule has 0 aromatic heterocycles. The van der Waals surface area contributed by atoms with Crippen LogP contribution in [0.25, 0.3) is 10.8 Å². The first-order valence-electron chi connectivity index (χ1n) is 8.14. The summed E-state index contributed by atoms with van der Waals surface area (Å²) in [6, 6.07) is 13.1. The van der Waals surface area contributed by atoms with Crippen molar-refractivity contribution in [3.63, 3.8) is 0 Å². The fraction of sp³-hybridized carbons (Fsp3) is 0.368. The summed E-state index contributed by atoms with van der Waals surface area (Å²) in [5.41, 5.74) is -0.466. The summed E-state index contributed by atoms with van der Waals surface area (Å²) in [4.78, 5) is 24.1. The van der Waals surface area contributed by atoms with Gasteiger partial charge in [-0.1, -0.05) is 56.7 Å². The monoisotopic (exact) mass is 328 g/mol. The molecule has 2 unspecified atom stereocenters. The Bertz CT molecular complexity index is 735. The number of hydrogen-bond donors (Lipinski definition) is 3. The molecular formula is C19H24N2O3. The fourth-order valence-corrected chi connectivity index (χ4v) is 2.47. The Kier molecular flexibility index (Phi) is 5.57. The normalized spacial score (nSPS) is 14.7. The Labute approximate surface area is 142 Å². The van der Waals surface area contributed by atoms with Crippen molar-refractivity contribution >= 4 is 28.3 Å². The minimum absolute atomic E-state index is 0.0129. The van der Waals surface area contributed by atoms with E-state index in [1.54, 1.807) is 13.0 Å². The molecular weight excluding hydrogens is 304 g/mol. The maximum atomic E-state index is 12.1. The predicted octanol–water partition coefficient (Wildman–Crippen LogP) is 2.69. The number of anilines is 1. The second kappa shape index (κ2) is 7.45. The van der Waals surface area contributed by atoms with Gasteiger partial charge in [-0.25, -0.2) is 0 Å².